The second-order valence-electron chi connectivity index (χ2n) is 6.68. The first-order valence-corrected chi connectivity index (χ1v) is 8.77. The van der Waals surface area contributed by atoms with Crippen molar-refractivity contribution < 1.29 is 27.8 Å². The lowest BCUT2D eigenvalue weighted by molar-refractivity contribution is -0.137. The number of carbonyl (C=O) groups is 1. The Kier molecular flexibility index (Phi) is 4.45. The highest BCUT2D eigenvalue weighted by atomic mass is 19.2. The molecule has 1 N–H and O–H groups in total. The van der Waals surface area contributed by atoms with Crippen LogP contribution in [0, 0.1) is 17.5 Å². The summed E-state index contributed by atoms with van der Waals surface area (Å²) in [5.41, 5.74) is 0.924. The summed E-state index contributed by atoms with van der Waals surface area (Å²) in [5.74, 6) is -6.02. The summed E-state index contributed by atoms with van der Waals surface area (Å²) in [6.07, 6.45) is 0. The van der Waals surface area contributed by atoms with Gasteiger partial charge < -0.3 is 14.7 Å². The number of methoxy groups -OCH3 is 1. The summed E-state index contributed by atoms with van der Waals surface area (Å²) >= 11 is 0. The predicted molar refractivity (Wildman–Crippen MR) is 102 cm³/mol. The van der Waals surface area contributed by atoms with E-state index in [0.717, 1.165) is 6.07 Å². The molecule has 3 aromatic rings. The number of nitrogens with zero attached hydrogens (tertiary/aromatic N) is 1. The van der Waals surface area contributed by atoms with E-state index in [4.69, 9.17) is 4.74 Å². The predicted octanol–water partition coefficient (Wildman–Crippen LogP) is 5.08. The molecule has 0 aliphatic carbocycles. The maximum atomic E-state index is 14.7. The number of aliphatic carboxylic acids is 1. The number of ether oxygens (including phenoxy) is 1. The zero-order valence-corrected chi connectivity index (χ0v) is 15.5. The van der Waals surface area contributed by atoms with Gasteiger partial charge in [0.2, 0.25) is 0 Å². The van der Waals surface area contributed by atoms with E-state index in [2.05, 4.69) is 0 Å². The highest BCUT2D eigenvalue weighted by Gasteiger charge is 2.38. The van der Waals surface area contributed by atoms with Crippen LogP contribution in [0.3, 0.4) is 0 Å². The van der Waals surface area contributed by atoms with Crippen LogP contribution in [0.2, 0.25) is 0 Å². The van der Waals surface area contributed by atoms with E-state index in [0.29, 0.717) is 23.0 Å². The summed E-state index contributed by atoms with van der Waals surface area (Å²) in [4.78, 5) is 14.0. The fourth-order valence-electron chi connectivity index (χ4n) is 3.94. The minimum atomic E-state index is -1.40. The van der Waals surface area contributed by atoms with Crippen molar-refractivity contribution in [3.63, 3.8) is 0 Å². The van der Waals surface area contributed by atoms with Gasteiger partial charge in [-0.25, -0.2) is 13.2 Å². The van der Waals surface area contributed by atoms with Crippen molar-refractivity contribution >= 4 is 17.3 Å². The molecule has 3 aromatic carbocycles. The average Bonchev–Trinajstić information content (AvgIpc) is 2.71. The highest BCUT2D eigenvalue weighted by molar-refractivity contribution is 5.96. The number of hydrogen-bond donors (Lipinski definition) is 1. The molecule has 0 bridgehead atoms. The van der Waals surface area contributed by atoms with Crippen molar-refractivity contribution in [1.82, 2.24) is 0 Å². The zero-order chi connectivity index (χ0) is 20.9. The first kappa shape index (κ1) is 18.9. The Labute approximate surface area is 164 Å². The van der Waals surface area contributed by atoms with Crippen LogP contribution in [0.1, 0.15) is 17.0 Å². The van der Waals surface area contributed by atoms with E-state index in [-0.39, 0.29) is 16.9 Å². The Morgan fingerprint density at radius 2 is 1.66 bits per heavy atom. The lowest BCUT2D eigenvalue weighted by Gasteiger charge is -2.35. The number of carboxylic acid groups (broad SMARTS) is 1. The van der Waals surface area contributed by atoms with Gasteiger partial charge in [-0.3, -0.25) is 4.79 Å². The molecule has 0 fully saturated rings. The first-order valence-electron chi connectivity index (χ1n) is 8.77. The van der Waals surface area contributed by atoms with Crippen molar-refractivity contribution in [2.24, 2.45) is 0 Å². The zero-order valence-electron chi connectivity index (χ0n) is 15.5. The van der Waals surface area contributed by atoms with E-state index >= 15 is 0 Å². The van der Waals surface area contributed by atoms with E-state index in [1.165, 1.54) is 13.2 Å². The maximum Gasteiger partial charge on any atom is 0.315 e. The second-order valence-corrected chi connectivity index (χ2v) is 6.68. The summed E-state index contributed by atoms with van der Waals surface area (Å²) in [6, 6.07) is 11.5. The van der Waals surface area contributed by atoms with E-state index in [1.54, 1.807) is 42.3 Å². The molecule has 0 radical (unpaired) electrons. The van der Waals surface area contributed by atoms with Crippen LogP contribution in [-0.4, -0.2) is 25.2 Å². The summed E-state index contributed by atoms with van der Waals surface area (Å²) in [7, 11) is 3.03. The van der Waals surface area contributed by atoms with Gasteiger partial charge in [-0.1, -0.05) is 18.2 Å². The number of anilines is 2. The molecule has 148 valence electrons. The Morgan fingerprint density at radius 1 is 0.966 bits per heavy atom. The first-order chi connectivity index (χ1) is 13.9. The molecule has 0 amide bonds. The number of benzene rings is 3. The number of fused-ring (bicyclic) bond motifs is 2. The van der Waals surface area contributed by atoms with Gasteiger partial charge in [-0.05, 0) is 35.9 Å². The van der Waals surface area contributed by atoms with Crippen LogP contribution in [0.4, 0.5) is 24.5 Å². The molecule has 7 heteroatoms. The molecule has 29 heavy (non-hydrogen) atoms. The average molecular weight is 399 g/mol. The molecule has 0 saturated carbocycles. The van der Waals surface area contributed by atoms with Crippen molar-refractivity contribution in [2.45, 2.75) is 5.92 Å². The van der Waals surface area contributed by atoms with Crippen LogP contribution in [0.5, 0.6) is 5.75 Å². The van der Waals surface area contributed by atoms with E-state index in [1.807, 2.05) is 0 Å². The molecular formula is C22H16F3NO3. The van der Waals surface area contributed by atoms with Crippen molar-refractivity contribution in [3.05, 3.63) is 77.1 Å². The monoisotopic (exact) mass is 399 g/mol. The number of halogens is 3. The second kappa shape index (κ2) is 6.84. The molecule has 1 aliphatic heterocycles. The number of rotatable bonds is 3. The van der Waals surface area contributed by atoms with E-state index in [9.17, 15) is 23.1 Å². The summed E-state index contributed by atoms with van der Waals surface area (Å²) in [6.45, 7) is 0. The van der Waals surface area contributed by atoms with Gasteiger partial charge in [-0.15, -0.1) is 0 Å². The smallest absolute Gasteiger partial charge is 0.315 e. The Hall–Kier alpha value is -3.48. The minimum Gasteiger partial charge on any atom is -0.496 e. The van der Waals surface area contributed by atoms with Crippen molar-refractivity contribution in [3.8, 4) is 16.9 Å². The van der Waals surface area contributed by atoms with Crippen LogP contribution >= 0.6 is 0 Å². The molecule has 0 saturated heterocycles. The topological polar surface area (TPSA) is 49.8 Å². The lowest BCUT2D eigenvalue weighted by atomic mass is 9.80. The van der Waals surface area contributed by atoms with Gasteiger partial charge in [-0.2, -0.15) is 0 Å². The molecule has 4 nitrogen and oxygen atoms in total. The molecule has 1 aliphatic rings. The molecule has 1 atom stereocenters. The van der Waals surface area contributed by atoms with Gasteiger partial charge in [0, 0.05) is 29.5 Å². The minimum absolute atomic E-state index is 0.0474. The highest BCUT2D eigenvalue weighted by Crippen LogP contribution is 2.52. The third kappa shape index (κ3) is 2.73. The van der Waals surface area contributed by atoms with E-state index < -0.39 is 34.9 Å². The molecule has 4 rings (SSSR count). The van der Waals surface area contributed by atoms with Crippen LogP contribution in [-0.2, 0) is 4.79 Å². The fourth-order valence-corrected chi connectivity index (χ4v) is 3.94. The Morgan fingerprint density at radius 3 is 2.34 bits per heavy atom. The molecule has 0 spiro atoms. The number of para-hydroxylation sites is 1. The van der Waals surface area contributed by atoms with Crippen LogP contribution in [0.25, 0.3) is 11.1 Å². The van der Waals surface area contributed by atoms with Crippen LogP contribution < -0.4 is 9.64 Å². The molecule has 1 unspecified atom stereocenters. The van der Waals surface area contributed by atoms with Gasteiger partial charge in [0.25, 0.3) is 0 Å². The molecule has 1 heterocycles. The van der Waals surface area contributed by atoms with Gasteiger partial charge in [0.15, 0.2) is 11.6 Å². The quantitative estimate of drug-likeness (QED) is 0.625. The standard InChI is InChI=1S/C22H16F3NO3/c1-26-14-6-4-3-5-11(14)17(22(27)28)19-15(26)9-10-16(29-2)20(19)18-12(23)7-8-13(24)21(18)25/h3-10,17H,1-2H3,(H,27,28). The molecule has 0 aromatic heterocycles. The third-order valence-corrected chi connectivity index (χ3v) is 5.20. The Bertz CT molecular complexity index is 1150. The van der Waals surface area contributed by atoms with Crippen molar-refractivity contribution in [1.29, 1.82) is 0 Å². The Balaban J connectivity index is 2.16. The number of hydrogen-bond acceptors (Lipinski definition) is 3. The fraction of sp³-hybridized carbons (Fsp3) is 0.136. The SMILES string of the molecule is COc1ccc2c(c1-c1c(F)ccc(F)c1F)C(C(=O)O)c1ccccc1N2C. The molecular weight excluding hydrogens is 383 g/mol. The van der Waals surface area contributed by atoms with Crippen molar-refractivity contribution in [2.75, 3.05) is 19.1 Å². The summed E-state index contributed by atoms with van der Waals surface area (Å²) < 4.78 is 48.7. The normalized spacial score (nSPS) is 14.9. The van der Waals surface area contributed by atoms with Crippen LogP contribution in [0.15, 0.2) is 48.5 Å². The maximum absolute atomic E-state index is 14.7. The van der Waals surface area contributed by atoms with Gasteiger partial charge >= 0.3 is 5.97 Å². The van der Waals surface area contributed by atoms with Gasteiger partial charge in [0.1, 0.15) is 17.5 Å². The summed E-state index contributed by atoms with van der Waals surface area (Å²) in [5, 5.41) is 10.0. The lowest BCUT2D eigenvalue weighted by Crippen LogP contribution is -2.27. The van der Waals surface area contributed by atoms with Gasteiger partial charge in [0.05, 0.1) is 12.7 Å². The largest absolute Gasteiger partial charge is 0.496 e. The number of carboxylic acids is 1. The third-order valence-electron chi connectivity index (χ3n) is 5.20.